The summed E-state index contributed by atoms with van der Waals surface area (Å²) < 4.78 is 2.00. The largest absolute Gasteiger partial charge is 0.352 e. The minimum absolute atomic E-state index is 0. The van der Waals surface area contributed by atoms with Crippen molar-refractivity contribution >= 4 is 30.7 Å². The van der Waals surface area contributed by atoms with Crippen LogP contribution in [0.15, 0.2) is 55.5 Å². The molecule has 0 saturated heterocycles. The van der Waals surface area contributed by atoms with Crippen LogP contribution in [0.2, 0.25) is 0 Å². The normalized spacial score (nSPS) is 12.2. The molecule has 0 aliphatic carbocycles. The molecule has 1 aromatic heterocycles. The highest BCUT2D eigenvalue weighted by atomic mass is 35.5. The van der Waals surface area contributed by atoms with Gasteiger partial charge in [0.05, 0.1) is 18.1 Å². The minimum atomic E-state index is -0.595. The number of amides is 1. The van der Waals surface area contributed by atoms with E-state index in [0.29, 0.717) is 6.42 Å². The summed E-state index contributed by atoms with van der Waals surface area (Å²) in [6, 6.07) is 9.60. The summed E-state index contributed by atoms with van der Waals surface area (Å²) in [5, 5.41) is 2.88. The van der Waals surface area contributed by atoms with Gasteiger partial charge in [0.15, 0.2) is 0 Å². The quantitative estimate of drug-likeness (QED) is 0.687. The summed E-state index contributed by atoms with van der Waals surface area (Å²) in [6.07, 6.45) is 6.64. The molecule has 2 atom stereocenters. The third-order valence-electron chi connectivity index (χ3n) is 3.57. The predicted molar refractivity (Wildman–Crippen MR) is 106 cm³/mol. The number of nitrogens with zero attached hydrogens (tertiary/aromatic N) is 2. The summed E-state index contributed by atoms with van der Waals surface area (Å²) >= 11 is 0. The average Bonchev–Trinajstić information content (AvgIpc) is 2.95. The van der Waals surface area contributed by atoms with Crippen LogP contribution in [0.1, 0.15) is 24.6 Å². The van der Waals surface area contributed by atoms with Gasteiger partial charge in [-0.25, -0.2) is 4.98 Å². The van der Waals surface area contributed by atoms with Gasteiger partial charge in [0, 0.05) is 25.2 Å². The van der Waals surface area contributed by atoms with Crippen molar-refractivity contribution in [3.8, 4) is 0 Å². The second kappa shape index (κ2) is 11.7. The lowest BCUT2D eigenvalue weighted by molar-refractivity contribution is -0.122. The Labute approximate surface area is 161 Å². The average molecular weight is 385 g/mol. The van der Waals surface area contributed by atoms with E-state index in [1.54, 1.807) is 12.4 Å². The van der Waals surface area contributed by atoms with Crippen LogP contribution in [0.5, 0.6) is 0 Å². The molecule has 0 radical (unpaired) electrons. The topological polar surface area (TPSA) is 72.9 Å². The summed E-state index contributed by atoms with van der Waals surface area (Å²) in [7, 11) is 0. The number of hydrogen-bond acceptors (Lipinski definition) is 3. The van der Waals surface area contributed by atoms with E-state index in [1.165, 1.54) is 5.56 Å². The van der Waals surface area contributed by atoms with Crippen LogP contribution in [0.3, 0.4) is 0 Å². The molecule has 25 heavy (non-hydrogen) atoms. The van der Waals surface area contributed by atoms with E-state index in [9.17, 15) is 4.79 Å². The van der Waals surface area contributed by atoms with E-state index in [-0.39, 0.29) is 36.8 Å². The number of benzene rings is 1. The Morgan fingerprint density at radius 2 is 2.04 bits per heavy atom. The molecule has 2 aromatic rings. The van der Waals surface area contributed by atoms with Crippen LogP contribution >= 0.6 is 24.8 Å². The van der Waals surface area contributed by atoms with E-state index in [2.05, 4.69) is 29.0 Å². The van der Waals surface area contributed by atoms with Crippen LogP contribution in [0.25, 0.3) is 0 Å². The third kappa shape index (κ3) is 7.73. The SMILES string of the molecule is C=CCC(C)NC(=O)[C@@H](N)Cc1cn(Cc2ccccc2)cn1.Cl.Cl. The molecule has 0 aliphatic heterocycles. The van der Waals surface area contributed by atoms with Gasteiger partial charge >= 0.3 is 0 Å². The molecule has 1 amide bonds. The fraction of sp³-hybridized carbons (Fsp3) is 0.333. The van der Waals surface area contributed by atoms with Gasteiger partial charge in [0.25, 0.3) is 0 Å². The molecule has 2 rings (SSSR count). The highest BCUT2D eigenvalue weighted by molar-refractivity contribution is 5.85. The zero-order chi connectivity index (χ0) is 16.7. The van der Waals surface area contributed by atoms with E-state index >= 15 is 0 Å². The standard InChI is InChI=1S/C18H24N4O.2ClH/c1-3-7-14(2)21-18(23)17(19)10-16-12-22(13-20-16)11-15-8-5-4-6-9-15;;/h3-6,8-9,12-14,17H,1,7,10-11,19H2,2H3,(H,21,23);2*1H/t14?,17-;;/m0../s1. The second-order valence-electron chi connectivity index (χ2n) is 5.77. The van der Waals surface area contributed by atoms with Gasteiger partial charge in [-0.3, -0.25) is 4.79 Å². The first-order valence-electron chi connectivity index (χ1n) is 7.80. The number of nitrogens with two attached hydrogens (primary N) is 1. The fourth-order valence-electron chi connectivity index (χ4n) is 2.37. The van der Waals surface area contributed by atoms with Crippen molar-refractivity contribution in [2.75, 3.05) is 0 Å². The van der Waals surface area contributed by atoms with Crippen molar-refractivity contribution in [1.82, 2.24) is 14.9 Å². The molecule has 0 fully saturated rings. The van der Waals surface area contributed by atoms with Crippen molar-refractivity contribution < 1.29 is 4.79 Å². The minimum Gasteiger partial charge on any atom is -0.352 e. The molecule has 1 unspecified atom stereocenters. The van der Waals surface area contributed by atoms with Crippen molar-refractivity contribution in [3.63, 3.8) is 0 Å². The molecule has 3 N–H and O–H groups in total. The maximum Gasteiger partial charge on any atom is 0.237 e. The monoisotopic (exact) mass is 384 g/mol. The smallest absolute Gasteiger partial charge is 0.237 e. The Balaban J connectivity index is 0.00000288. The van der Waals surface area contributed by atoms with Crippen LogP contribution < -0.4 is 11.1 Å². The fourth-order valence-corrected chi connectivity index (χ4v) is 2.37. The Morgan fingerprint density at radius 3 is 2.68 bits per heavy atom. The Kier molecular flexibility index (Phi) is 10.8. The number of carbonyl (C=O) groups excluding carboxylic acids is 1. The number of imidazole rings is 1. The lowest BCUT2D eigenvalue weighted by atomic mass is 10.1. The number of hydrogen-bond donors (Lipinski definition) is 2. The van der Waals surface area contributed by atoms with Gasteiger partial charge in [-0.2, -0.15) is 0 Å². The number of aromatic nitrogens is 2. The number of halogens is 2. The molecule has 1 aromatic carbocycles. The summed E-state index contributed by atoms with van der Waals surface area (Å²) in [6.45, 7) is 6.35. The Morgan fingerprint density at radius 1 is 1.36 bits per heavy atom. The van der Waals surface area contributed by atoms with E-state index in [0.717, 1.165) is 18.7 Å². The maximum atomic E-state index is 12.0. The Hall–Kier alpha value is -1.82. The van der Waals surface area contributed by atoms with Gasteiger partial charge in [0.2, 0.25) is 5.91 Å². The second-order valence-corrected chi connectivity index (χ2v) is 5.77. The number of rotatable bonds is 8. The molecule has 0 aliphatic rings. The van der Waals surface area contributed by atoms with Crippen molar-refractivity contribution in [3.05, 3.63) is 66.8 Å². The van der Waals surface area contributed by atoms with Crippen molar-refractivity contribution in [2.45, 2.75) is 38.4 Å². The van der Waals surface area contributed by atoms with Crippen molar-refractivity contribution in [1.29, 1.82) is 0 Å². The summed E-state index contributed by atoms with van der Waals surface area (Å²) in [5.74, 6) is -0.156. The van der Waals surface area contributed by atoms with Gasteiger partial charge in [-0.1, -0.05) is 36.4 Å². The molecular weight excluding hydrogens is 359 g/mol. The van der Waals surface area contributed by atoms with E-state index in [1.807, 2.05) is 35.9 Å². The lowest BCUT2D eigenvalue weighted by Gasteiger charge is -2.15. The molecule has 0 spiro atoms. The molecule has 5 nitrogen and oxygen atoms in total. The van der Waals surface area contributed by atoms with E-state index in [4.69, 9.17) is 5.73 Å². The Bertz CT molecular complexity index is 646. The first-order valence-corrected chi connectivity index (χ1v) is 7.80. The molecule has 1 heterocycles. The molecular formula is C18H26Cl2N4O. The van der Waals surface area contributed by atoms with Gasteiger partial charge in [-0.15, -0.1) is 31.4 Å². The van der Waals surface area contributed by atoms with Gasteiger partial charge < -0.3 is 15.6 Å². The first kappa shape index (κ1) is 23.2. The van der Waals surface area contributed by atoms with Gasteiger partial charge in [0.1, 0.15) is 0 Å². The van der Waals surface area contributed by atoms with Crippen LogP contribution in [-0.4, -0.2) is 27.5 Å². The van der Waals surface area contributed by atoms with E-state index < -0.39 is 6.04 Å². The van der Waals surface area contributed by atoms with Crippen LogP contribution in [0, 0.1) is 0 Å². The third-order valence-corrected chi connectivity index (χ3v) is 3.57. The predicted octanol–water partition coefficient (Wildman–Crippen LogP) is 2.73. The lowest BCUT2D eigenvalue weighted by Crippen LogP contribution is -2.45. The maximum absolute atomic E-state index is 12.0. The van der Waals surface area contributed by atoms with Crippen molar-refractivity contribution in [2.24, 2.45) is 5.73 Å². The molecule has 0 saturated carbocycles. The highest BCUT2D eigenvalue weighted by Gasteiger charge is 2.17. The van der Waals surface area contributed by atoms with Gasteiger partial charge in [-0.05, 0) is 18.9 Å². The van der Waals surface area contributed by atoms with Crippen LogP contribution in [-0.2, 0) is 17.8 Å². The number of nitrogens with one attached hydrogen (secondary N) is 1. The molecule has 7 heteroatoms. The zero-order valence-corrected chi connectivity index (χ0v) is 15.9. The zero-order valence-electron chi connectivity index (χ0n) is 14.3. The summed E-state index contributed by atoms with van der Waals surface area (Å²) in [4.78, 5) is 16.4. The molecule has 0 bridgehead atoms. The first-order chi connectivity index (χ1) is 11.1. The summed E-state index contributed by atoms with van der Waals surface area (Å²) in [5.41, 5.74) is 7.99. The van der Waals surface area contributed by atoms with Crippen LogP contribution in [0.4, 0.5) is 0 Å². The highest BCUT2D eigenvalue weighted by Crippen LogP contribution is 2.05. The molecule has 138 valence electrons. The number of carbonyl (C=O) groups is 1.